The van der Waals surface area contributed by atoms with Crippen molar-refractivity contribution in [2.45, 2.75) is 18.9 Å². The van der Waals surface area contributed by atoms with Gasteiger partial charge in [-0.05, 0) is 30.8 Å². The van der Waals surface area contributed by atoms with Crippen molar-refractivity contribution >= 4 is 11.3 Å². The zero-order valence-corrected chi connectivity index (χ0v) is 11.4. The SMILES string of the molecule is Cn1ccnc1C(NCCCCO)c1cccs1. The topological polar surface area (TPSA) is 50.1 Å². The molecular formula is C13H19N3OS. The Labute approximate surface area is 111 Å². The van der Waals surface area contributed by atoms with E-state index in [2.05, 4.69) is 27.8 Å². The fourth-order valence-corrected chi connectivity index (χ4v) is 2.71. The molecule has 5 heteroatoms. The maximum Gasteiger partial charge on any atom is 0.131 e. The summed E-state index contributed by atoms with van der Waals surface area (Å²) in [7, 11) is 2.01. The zero-order chi connectivity index (χ0) is 12.8. The van der Waals surface area contributed by atoms with Gasteiger partial charge in [0.2, 0.25) is 0 Å². The van der Waals surface area contributed by atoms with E-state index in [0.717, 1.165) is 25.2 Å². The number of hydrogen-bond acceptors (Lipinski definition) is 4. The Hall–Kier alpha value is -1.17. The van der Waals surface area contributed by atoms with E-state index in [9.17, 15) is 0 Å². The monoisotopic (exact) mass is 265 g/mol. The number of unbranched alkanes of at least 4 members (excludes halogenated alkanes) is 1. The molecule has 0 saturated carbocycles. The number of nitrogens with zero attached hydrogens (tertiary/aromatic N) is 2. The average Bonchev–Trinajstić information content (AvgIpc) is 3.01. The number of rotatable bonds is 7. The van der Waals surface area contributed by atoms with Crippen LogP contribution in [0.3, 0.4) is 0 Å². The van der Waals surface area contributed by atoms with Crippen LogP contribution in [0.1, 0.15) is 29.6 Å². The van der Waals surface area contributed by atoms with Crippen LogP contribution in [0.4, 0.5) is 0 Å². The molecule has 4 nitrogen and oxygen atoms in total. The molecule has 0 amide bonds. The van der Waals surface area contributed by atoms with Gasteiger partial charge in [0.1, 0.15) is 11.9 Å². The van der Waals surface area contributed by atoms with Crippen LogP contribution in [0.15, 0.2) is 29.9 Å². The average molecular weight is 265 g/mol. The van der Waals surface area contributed by atoms with Crippen LogP contribution in [-0.4, -0.2) is 27.8 Å². The molecule has 0 radical (unpaired) electrons. The van der Waals surface area contributed by atoms with Gasteiger partial charge in [0.15, 0.2) is 0 Å². The number of nitrogens with one attached hydrogen (secondary N) is 1. The standard InChI is InChI=1S/C13H19N3OS/c1-16-8-7-15-13(16)12(11-5-4-10-18-11)14-6-2-3-9-17/h4-5,7-8,10,12,14,17H,2-3,6,9H2,1H3. The zero-order valence-electron chi connectivity index (χ0n) is 10.5. The van der Waals surface area contributed by atoms with Gasteiger partial charge in [0, 0.05) is 30.9 Å². The van der Waals surface area contributed by atoms with E-state index in [4.69, 9.17) is 5.11 Å². The number of aryl methyl sites for hydroxylation is 1. The minimum atomic E-state index is 0.142. The highest BCUT2D eigenvalue weighted by molar-refractivity contribution is 7.10. The van der Waals surface area contributed by atoms with E-state index in [1.807, 2.05) is 24.0 Å². The molecule has 0 saturated heterocycles. The molecule has 2 heterocycles. The second-order valence-electron chi connectivity index (χ2n) is 4.23. The molecule has 1 atom stereocenters. The molecule has 0 aliphatic heterocycles. The second-order valence-corrected chi connectivity index (χ2v) is 5.21. The van der Waals surface area contributed by atoms with Crippen molar-refractivity contribution in [2.75, 3.05) is 13.2 Å². The lowest BCUT2D eigenvalue weighted by molar-refractivity contribution is 0.283. The lowest BCUT2D eigenvalue weighted by Gasteiger charge is -2.17. The summed E-state index contributed by atoms with van der Waals surface area (Å²) in [5, 5.41) is 14.4. The van der Waals surface area contributed by atoms with E-state index in [1.165, 1.54) is 4.88 Å². The fourth-order valence-electron chi connectivity index (χ4n) is 1.91. The Balaban J connectivity index is 2.07. The number of aromatic nitrogens is 2. The molecule has 0 aromatic carbocycles. The largest absolute Gasteiger partial charge is 0.396 e. The molecular weight excluding hydrogens is 246 g/mol. The summed E-state index contributed by atoms with van der Waals surface area (Å²) in [6, 6.07) is 4.33. The quantitative estimate of drug-likeness (QED) is 0.752. The molecule has 0 aliphatic carbocycles. The first-order valence-corrected chi connectivity index (χ1v) is 7.05. The van der Waals surface area contributed by atoms with Crippen molar-refractivity contribution in [1.29, 1.82) is 0 Å². The third kappa shape index (κ3) is 3.19. The van der Waals surface area contributed by atoms with E-state index < -0.39 is 0 Å². The molecule has 0 aliphatic rings. The highest BCUT2D eigenvalue weighted by Gasteiger charge is 2.18. The second kappa shape index (κ2) is 6.68. The third-order valence-electron chi connectivity index (χ3n) is 2.88. The van der Waals surface area contributed by atoms with Gasteiger partial charge in [-0.2, -0.15) is 0 Å². The predicted octanol–water partition coefficient (Wildman–Crippen LogP) is 1.93. The minimum Gasteiger partial charge on any atom is -0.396 e. The Bertz CT molecular complexity index is 453. The van der Waals surface area contributed by atoms with Gasteiger partial charge >= 0.3 is 0 Å². The molecule has 0 spiro atoms. The lowest BCUT2D eigenvalue weighted by Crippen LogP contribution is -2.25. The molecule has 2 N–H and O–H groups in total. The van der Waals surface area contributed by atoms with Crippen molar-refractivity contribution in [2.24, 2.45) is 7.05 Å². The molecule has 2 aromatic rings. The molecule has 1 unspecified atom stereocenters. The van der Waals surface area contributed by atoms with Crippen molar-refractivity contribution < 1.29 is 5.11 Å². The molecule has 2 rings (SSSR count). The first kappa shape index (κ1) is 13.3. The Kier molecular flexibility index (Phi) is 4.92. The Morgan fingerprint density at radius 2 is 2.39 bits per heavy atom. The summed E-state index contributed by atoms with van der Waals surface area (Å²) in [4.78, 5) is 5.70. The van der Waals surface area contributed by atoms with E-state index in [-0.39, 0.29) is 12.6 Å². The summed E-state index contributed by atoms with van der Waals surface area (Å²) in [6.07, 6.45) is 5.60. The van der Waals surface area contributed by atoms with Crippen LogP contribution in [0.25, 0.3) is 0 Å². The number of thiophene rings is 1. The van der Waals surface area contributed by atoms with Gasteiger partial charge in [-0.15, -0.1) is 11.3 Å². The molecule has 2 aromatic heterocycles. The van der Waals surface area contributed by atoms with Crippen LogP contribution in [0.5, 0.6) is 0 Å². The first-order valence-electron chi connectivity index (χ1n) is 6.18. The lowest BCUT2D eigenvalue weighted by atomic mass is 10.2. The summed E-state index contributed by atoms with van der Waals surface area (Å²) < 4.78 is 2.05. The van der Waals surface area contributed by atoms with Crippen molar-refractivity contribution in [1.82, 2.24) is 14.9 Å². The van der Waals surface area contributed by atoms with Gasteiger partial charge in [-0.3, -0.25) is 0 Å². The summed E-state index contributed by atoms with van der Waals surface area (Å²) in [5.41, 5.74) is 0. The van der Waals surface area contributed by atoms with E-state index in [1.54, 1.807) is 11.3 Å². The van der Waals surface area contributed by atoms with Crippen molar-refractivity contribution in [3.8, 4) is 0 Å². The molecule has 98 valence electrons. The molecule has 0 fully saturated rings. The highest BCUT2D eigenvalue weighted by atomic mass is 32.1. The number of imidazole rings is 1. The smallest absolute Gasteiger partial charge is 0.131 e. The van der Waals surface area contributed by atoms with Gasteiger partial charge in [0.25, 0.3) is 0 Å². The van der Waals surface area contributed by atoms with E-state index in [0.29, 0.717) is 0 Å². The van der Waals surface area contributed by atoms with Crippen LogP contribution < -0.4 is 5.32 Å². The Morgan fingerprint density at radius 3 is 3.00 bits per heavy atom. The number of aliphatic hydroxyl groups excluding tert-OH is 1. The minimum absolute atomic E-state index is 0.142. The Morgan fingerprint density at radius 1 is 1.50 bits per heavy atom. The third-order valence-corrected chi connectivity index (χ3v) is 3.81. The molecule has 0 bridgehead atoms. The normalized spacial score (nSPS) is 12.8. The highest BCUT2D eigenvalue weighted by Crippen LogP contribution is 2.24. The van der Waals surface area contributed by atoms with Crippen LogP contribution in [-0.2, 0) is 7.05 Å². The van der Waals surface area contributed by atoms with Gasteiger partial charge in [0.05, 0.1) is 0 Å². The van der Waals surface area contributed by atoms with Crippen LogP contribution >= 0.6 is 11.3 Å². The van der Waals surface area contributed by atoms with Gasteiger partial charge in [-0.25, -0.2) is 4.98 Å². The van der Waals surface area contributed by atoms with Crippen molar-refractivity contribution in [3.05, 3.63) is 40.6 Å². The maximum atomic E-state index is 8.80. The van der Waals surface area contributed by atoms with E-state index >= 15 is 0 Å². The van der Waals surface area contributed by atoms with Crippen molar-refractivity contribution in [3.63, 3.8) is 0 Å². The maximum absolute atomic E-state index is 8.80. The summed E-state index contributed by atoms with van der Waals surface area (Å²) in [5.74, 6) is 1.03. The fraction of sp³-hybridized carbons (Fsp3) is 0.462. The van der Waals surface area contributed by atoms with Gasteiger partial charge in [-0.1, -0.05) is 6.07 Å². The molecule has 18 heavy (non-hydrogen) atoms. The first-order chi connectivity index (χ1) is 8.83. The summed E-state index contributed by atoms with van der Waals surface area (Å²) >= 11 is 1.74. The number of hydrogen-bond donors (Lipinski definition) is 2. The summed E-state index contributed by atoms with van der Waals surface area (Å²) in [6.45, 7) is 1.14. The van der Waals surface area contributed by atoms with Crippen LogP contribution in [0, 0.1) is 0 Å². The van der Waals surface area contributed by atoms with Crippen LogP contribution in [0.2, 0.25) is 0 Å². The predicted molar refractivity (Wildman–Crippen MR) is 73.7 cm³/mol. The van der Waals surface area contributed by atoms with Gasteiger partial charge < -0.3 is 15.0 Å². The number of aliphatic hydroxyl groups is 1.